The second kappa shape index (κ2) is 4.49. The van der Waals surface area contributed by atoms with Gasteiger partial charge >= 0.3 is 5.97 Å². The van der Waals surface area contributed by atoms with Crippen LogP contribution in [-0.4, -0.2) is 15.6 Å². The molecule has 1 N–H and O–H groups in total. The number of carboxylic acid groups (broad SMARTS) is 1. The normalized spacial score (nSPS) is 10.8. The average Bonchev–Trinajstić information content (AvgIpc) is 2.75. The van der Waals surface area contributed by atoms with Crippen molar-refractivity contribution in [3.05, 3.63) is 60.4 Å². The fraction of sp³-hybridized carbons (Fsp3) is 0. The zero-order chi connectivity index (χ0) is 11.4. The van der Waals surface area contributed by atoms with Crippen molar-refractivity contribution in [2.75, 3.05) is 0 Å². The molecule has 0 spiro atoms. The SMILES string of the molecule is O=C(O)/C=C/c1cccn1-c1ccccc1. The molecule has 0 fully saturated rings. The molecule has 0 saturated carbocycles. The Morgan fingerprint density at radius 2 is 1.88 bits per heavy atom. The van der Waals surface area contributed by atoms with E-state index in [1.54, 1.807) is 6.08 Å². The monoisotopic (exact) mass is 213 g/mol. The van der Waals surface area contributed by atoms with Crippen LogP contribution in [0.4, 0.5) is 0 Å². The molecule has 3 heteroatoms. The van der Waals surface area contributed by atoms with Crippen LogP contribution in [0.2, 0.25) is 0 Å². The number of hydrogen-bond donors (Lipinski definition) is 1. The van der Waals surface area contributed by atoms with E-state index in [0.717, 1.165) is 17.5 Å². The van der Waals surface area contributed by atoms with Crippen LogP contribution >= 0.6 is 0 Å². The van der Waals surface area contributed by atoms with E-state index >= 15 is 0 Å². The lowest BCUT2D eigenvalue weighted by atomic mass is 10.3. The third-order valence-electron chi connectivity index (χ3n) is 2.21. The van der Waals surface area contributed by atoms with Gasteiger partial charge in [0.15, 0.2) is 0 Å². The summed E-state index contributed by atoms with van der Waals surface area (Å²) in [5.41, 5.74) is 1.85. The van der Waals surface area contributed by atoms with Crippen molar-refractivity contribution in [2.24, 2.45) is 0 Å². The zero-order valence-electron chi connectivity index (χ0n) is 8.58. The van der Waals surface area contributed by atoms with Gasteiger partial charge in [-0.3, -0.25) is 0 Å². The molecule has 0 saturated heterocycles. The van der Waals surface area contributed by atoms with Crippen LogP contribution in [0.3, 0.4) is 0 Å². The first-order valence-corrected chi connectivity index (χ1v) is 4.91. The minimum Gasteiger partial charge on any atom is -0.478 e. The molecule has 0 unspecified atom stereocenters. The molecular formula is C13H11NO2. The summed E-state index contributed by atoms with van der Waals surface area (Å²) in [5, 5.41) is 8.58. The molecule has 80 valence electrons. The van der Waals surface area contributed by atoms with Crippen LogP contribution in [0.5, 0.6) is 0 Å². The molecule has 16 heavy (non-hydrogen) atoms. The van der Waals surface area contributed by atoms with Gasteiger partial charge in [0.05, 0.1) is 0 Å². The third-order valence-corrected chi connectivity index (χ3v) is 2.21. The van der Waals surface area contributed by atoms with E-state index in [9.17, 15) is 4.79 Å². The largest absolute Gasteiger partial charge is 0.478 e. The molecule has 0 aliphatic carbocycles. The molecule has 0 aliphatic rings. The Hall–Kier alpha value is -2.29. The topological polar surface area (TPSA) is 42.2 Å². The number of hydrogen-bond acceptors (Lipinski definition) is 1. The molecule has 1 aromatic carbocycles. The Bertz CT molecular complexity index is 512. The Labute approximate surface area is 93.3 Å². The number of benzene rings is 1. The molecule has 2 aromatic rings. The van der Waals surface area contributed by atoms with Crippen LogP contribution in [0, 0.1) is 0 Å². The van der Waals surface area contributed by atoms with E-state index in [-0.39, 0.29) is 0 Å². The summed E-state index contributed by atoms with van der Waals surface area (Å²) in [6.07, 6.45) is 4.61. The van der Waals surface area contributed by atoms with E-state index in [1.165, 1.54) is 0 Å². The maximum atomic E-state index is 10.4. The fourth-order valence-corrected chi connectivity index (χ4v) is 1.51. The fourth-order valence-electron chi connectivity index (χ4n) is 1.51. The number of para-hydroxylation sites is 1. The van der Waals surface area contributed by atoms with E-state index in [0.29, 0.717) is 0 Å². The van der Waals surface area contributed by atoms with Crippen LogP contribution in [-0.2, 0) is 4.79 Å². The summed E-state index contributed by atoms with van der Waals surface area (Å²) >= 11 is 0. The summed E-state index contributed by atoms with van der Waals surface area (Å²) in [5.74, 6) is -0.944. The van der Waals surface area contributed by atoms with Crippen molar-refractivity contribution in [3.8, 4) is 5.69 Å². The summed E-state index contributed by atoms with van der Waals surface area (Å²) < 4.78 is 1.93. The van der Waals surface area contributed by atoms with Gasteiger partial charge in [-0.15, -0.1) is 0 Å². The van der Waals surface area contributed by atoms with Gasteiger partial charge in [-0.2, -0.15) is 0 Å². The average molecular weight is 213 g/mol. The predicted molar refractivity (Wildman–Crippen MR) is 62.4 cm³/mol. The lowest BCUT2D eigenvalue weighted by Crippen LogP contribution is -1.94. The second-order valence-corrected chi connectivity index (χ2v) is 3.31. The van der Waals surface area contributed by atoms with Crippen molar-refractivity contribution in [2.45, 2.75) is 0 Å². The molecule has 1 heterocycles. The lowest BCUT2D eigenvalue weighted by molar-refractivity contribution is -0.131. The van der Waals surface area contributed by atoms with Gasteiger partial charge in [0.2, 0.25) is 0 Å². The summed E-state index contributed by atoms with van der Waals surface area (Å²) in [4.78, 5) is 10.4. The van der Waals surface area contributed by atoms with Gasteiger partial charge in [0.25, 0.3) is 0 Å². The van der Waals surface area contributed by atoms with Crippen LogP contribution in [0.1, 0.15) is 5.69 Å². The number of nitrogens with zero attached hydrogens (tertiary/aromatic N) is 1. The third kappa shape index (κ3) is 2.20. The number of aliphatic carboxylic acids is 1. The highest BCUT2D eigenvalue weighted by atomic mass is 16.4. The standard InChI is InChI=1S/C13H11NO2/c15-13(16)9-8-12-7-4-10-14(12)11-5-2-1-3-6-11/h1-10H,(H,15,16)/b9-8+. The molecule has 0 radical (unpaired) electrons. The Kier molecular flexibility index (Phi) is 2.87. The number of carbonyl (C=O) groups is 1. The smallest absolute Gasteiger partial charge is 0.328 e. The van der Waals surface area contributed by atoms with Gasteiger partial charge in [0, 0.05) is 23.7 Å². The van der Waals surface area contributed by atoms with Gasteiger partial charge in [0.1, 0.15) is 0 Å². The first kappa shape index (κ1) is 10.2. The van der Waals surface area contributed by atoms with Crippen molar-refractivity contribution in [1.29, 1.82) is 0 Å². The maximum Gasteiger partial charge on any atom is 0.328 e. The van der Waals surface area contributed by atoms with Crippen molar-refractivity contribution in [3.63, 3.8) is 0 Å². The molecule has 0 aliphatic heterocycles. The number of carboxylic acids is 1. The predicted octanol–water partition coefficient (Wildman–Crippen LogP) is 2.58. The first-order chi connectivity index (χ1) is 7.77. The lowest BCUT2D eigenvalue weighted by Gasteiger charge is -2.05. The molecule has 2 rings (SSSR count). The Morgan fingerprint density at radius 1 is 1.12 bits per heavy atom. The van der Waals surface area contributed by atoms with E-state index in [1.807, 2.05) is 53.2 Å². The molecule has 0 amide bonds. The Morgan fingerprint density at radius 3 is 2.56 bits per heavy atom. The van der Waals surface area contributed by atoms with Crippen molar-refractivity contribution < 1.29 is 9.90 Å². The van der Waals surface area contributed by atoms with Gasteiger partial charge < -0.3 is 9.67 Å². The molecule has 0 atom stereocenters. The Balaban J connectivity index is 2.37. The first-order valence-electron chi connectivity index (χ1n) is 4.91. The number of aromatic nitrogens is 1. The minimum absolute atomic E-state index is 0.841. The zero-order valence-corrected chi connectivity index (χ0v) is 8.58. The van der Waals surface area contributed by atoms with Crippen LogP contribution in [0.25, 0.3) is 11.8 Å². The second-order valence-electron chi connectivity index (χ2n) is 3.31. The van der Waals surface area contributed by atoms with Crippen LogP contribution in [0.15, 0.2) is 54.7 Å². The minimum atomic E-state index is -0.944. The quantitative estimate of drug-likeness (QED) is 0.796. The highest BCUT2D eigenvalue weighted by Gasteiger charge is 1.99. The highest BCUT2D eigenvalue weighted by Crippen LogP contribution is 2.13. The maximum absolute atomic E-state index is 10.4. The highest BCUT2D eigenvalue weighted by molar-refractivity contribution is 5.85. The number of rotatable bonds is 3. The molecule has 0 bridgehead atoms. The molecule has 1 aromatic heterocycles. The summed E-state index contributed by atoms with van der Waals surface area (Å²) in [6, 6.07) is 13.5. The van der Waals surface area contributed by atoms with Crippen LogP contribution < -0.4 is 0 Å². The molecular weight excluding hydrogens is 202 g/mol. The van der Waals surface area contributed by atoms with E-state index < -0.39 is 5.97 Å². The van der Waals surface area contributed by atoms with Crippen molar-refractivity contribution in [1.82, 2.24) is 4.57 Å². The molecule has 3 nitrogen and oxygen atoms in total. The van der Waals surface area contributed by atoms with E-state index in [2.05, 4.69) is 0 Å². The van der Waals surface area contributed by atoms with Gasteiger partial charge in [-0.25, -0.2) is 4.79 Å². The van der Waals surface area contributed by atoms with Gasteiger partial charge in [-0.05, 0) is 30.3 Å². The summed E-state index contributed by atoms with van der Waals surface area (Å²) in [6.45, 7) is 0. The summed E-state index contributed by atoms with van der Waals surface area (Å²) in [7, 11) is 0. The van der Waals surface area contributed by atoms with E-state index in [4.69, 9.17) is 5.11 Å². The van der Waals surface area contributed by atoms with Crippen molar-refractivity contribution >= 4 is 12.0 Å². The van der Waals surface area contributed by atoms with Gasteiger partial charge in [-0.1, -0.05) is 18.2 Å².